The van der Waals surface area contributed by atoms with Gasteiger partial charge in [0.15, 0.2) is 0 Å². The molecule has 0 saturated carbocycles. The Morgan fingerprint density at radius 2 is 1.75 bits per heavy atom. The van der Waals surface area contributed by atoms with Crippen molar-refractivity contribution in [1.29, 1.82) is 0 Å². The molecule has 1 amide bonds. The predicted molar refractivity (Wildman–Crippen MR) is 84.8 cm³/mol. The molecule has 0 spiro atoms. The topological polar surface area (TPSA) is 29.1 Å². The van der Waals surface area contributed by atoms with Crippen LogP contribution in [-0.4, -0.2) is 11.2 Å². The number of rotatable bonds is 5. The maximum absolute atomic E-state index is 12.1. The number of benzene rings is 2. The molecular formula is C17H19NOS. The molecule has 3 heteroatoms. The summed E-state index contributed by atoms with van der Waals surface area (Å²) >= 11 is 1.58. The summed E-state index contributed by atoms with van der Waals surface area (Å²) in [6, 6.07) is 18.1. The van der Waals surface area contributed by atoms with Crippen LogP contribution in [0.3, 0.4) is 0 Å². The second-order valence-corrected chi connectivity index (χ2v) is 6.13. The Bertz CT molecular complexity index is 568. The lowest BCUT2D eigenvalue weighted by Crippen LogP contribution is -2.30. The highest BCUT2D eigenvalue weighted by molar-refractivity contribution is 8.00. The highest BCUT2D eigenvalue weighted by Gasteiger charge is 2.13. The first-order valence-corrected chi connectivity index (χ1v) is 7.58. The molecule has 0 unspecified atom stereocenters. The first kappa shape index (κ1) is 14.7. The quantitative estimate of drug-likeness (QED) is 0.847. The van der Waals surface area contributed by atoms with E-state index in [-0.39, 0.29) is 11.2 Å². The summed E-state index contributed by atoms with van der Waals surface area (Å²) in [5.41, 5.74) is 2.37. The van der Waals surface area contributed by atoms with E-state index < -0.39 is 0 Å². The van der Waals surface area contributed by atoms with Crippen molar-refractivity contribution in [1.82, 2.24) is 5.32 Å². The van der Waals surface area contributed by atoms with Crippen molar-refractivity contribution in [2.75, 3.05) is 0 Å². The molecule has 1 N–H and O–H groups in total. The minimum atomic E-state index is -0.0959. The Morgan fingerprint density at radius 3 is 2.45 bits per heavy atom. The van der Waals surface area contributed by atoms with Crippen LogP contribution in [0.25, 0.3) is 0 Å². The van der Waals surface area contributed by atoms with Crippen LogP contribution in [0.2, 0.25) is 0 Å². The molecule has 0 bridgehead atoms. The van der Waals surface area contributed by atoms with Crippen LogP contribution < -0.4 is 5.32 Å². The van der Waals surface area contributed by atoms with E-state index in [0.717, 1.165) is 10.5 Å². The molecule has 0 heterocycles. The molecule has 2 rings (SSSR count). The molecule has 1 atom stereocenters. The van der Waals surface area contributed by atoms with Crippen LogP contribution in [0.15, 0.2) is 59.5 Å². The van der Waals surface area contributed by atoms with Gasteiger partial charge in [-0.1, -0.05) is 42.5 Å². The third-order valence-corrected chi connectivity index (χ3v) is 4.25. The van der Waals surface area contributed by atoms with Gasteiger partial charge in [-0.05, 0) is 37.1 Å². The van der Waals surface area contributed by atoms with Gasteiger partial charge in [-0.15, -0.1) is 11.8 Å². The normalized spacial score (nSPS) is 11.9. The summed E-state index contributed by atoms with van der Waals surface area (Å²) in [5, 5.41) is 2.90. The van der Waals surface area contributed by atoms with Crippen LogP contribution >= 0.6 is 11.8 Å². The standard InChI is InChI=1S/C17H19NOS/c1-13-8-6-7-9-15(13)12-18-17(19)14(2)20-16-10-4-3-5-11-16/h3-11,14H,12H2,1-2H3,(H,18,19)/t14-/m0/s1. The lowest BCUT2D eigenvalue weighted by Gasteiger charge is -2.13. The second kappa shape index (κ2) is 7.15. The number of aryl methyl sites for hydroxylation is 1. The van der Waals surface area contributed by atoms with E-state index in [0.29, 0.717) is 6.54 Å². The van der Waals surface area contributed by atoms with Crippen LogP contribution in [0.4, 0.5) is 0 Å². The molecule has 0 aromatic heterocycles. The number of carbonyl (C=O) groups is 1. The Hall–Kier alpha value is -1.74. The van der Waals surface area contributed by atoms with E-state index in [2.05, 4.69) is 18.3 Å². The van der Waals surface area contributed by atoms with Crippen molar-refractivity contribution >= 4 is 17.7 Å². The van der Waals surface area contributed by atoms with Crippen LogP contribution in [0.5, 0.6) is 0 Å². The van der Waals surface area contributed by atoms with Gasteiger partial charge >= 0.3 is 0 Å². The Balaban J connectivity index is 1.87. The van der Waals surface area contributed by atoms with Crippen molar-refractivity contribution < 1.29 is 4.79 Å². The van der Waals surface area contributed by atoms with E-state index in [1.54, 1.807) is 11.8 Å². The molecule has 0 aliphatic rings. The third kappa shape index (κ3) is 4.14. The van der Waals surface area contributed by atoms with E-state index in [1.165, 1.54) is 5.56 Å². The third-order valence-electron chi connectivity index (χ3n) is 3.14. The highest BCUT2D eigenvalue weighted by Crippen LogP contribution is 2.22. The maximum atomic E-state index is 12.1. The van der Waals surface area contributed by atoms with Gasteiger partial charge in [-0.25, -0.2) is 0 Å². The minimum absolute atomic E-state index is 0.0714. The summed E-state index contributed by atoms with van der Waals surface area (Å²) in [4.78, 5) is 13.2. The largest absolute Gasteiger partial charge is 0.351 e. The van der Waals surface area contributed by atoms with Crippen LogP contribution in [0, 0.1) is 6.92 Å². The number of hydrogen-bond donors (Lipinski definition) is 1. The SMILES string of the molecule is Cc1ccccc1CNC(=O)[C@H](C)Sc1ccccc1. The fourth-order valence-corrected chi connectivity index (χ4v) is 2.80. The molecule has 104 valence electrons. The zero-order chi connectivity index (χ0) is 14.4. The molecule has 0 saturated heterocycles. The molecule has 0 aliphatic carbocycles. The molecule has 0 aliphatic heterocycles. The zero-order valence-corrected chi connectivity index (χ0v) is 12.6. The lowest BCUT2D eigenvalue weighted by molar-refractivity contribution is -0.120. The number of nitrogens with one attached hydrogen (secondary N) is 1. The van der Waals surface area contributed by atoms with Gasteiger partial charge < -0.3 is 5.32 Å². The monoisotopic (exact) mass is 285 g/mol. The number of amides is 1. The van der Waals surface area contributed by atoms with Gasteiger partial charge in [0.25, 0.3) is 0 Å². The van der Waals surface area contributed by atoms with Crippen molar-refractivity contribution in [3.63, 3.8) is 0 Å². The van der Waals surface area contributed by atoms with Crippen LogP contribution in [0.1, 0.15) is 18.1 Å². The summed E-state index contributed by atoms with van der Waals surface area (Å²) in [7, 11) is 0. The van der Waals surface area contributed by atoms with Gasteiger partial charge in [-0.2, -0.15) is 0 Å². The Labute approximate surface area is 124 Å². The molecule has 0 fully saturated rings. The number of thioether (sulfide) groups is 1. The average Bonchev–Trinajstić information content (AvgIpc) is 2.47. The smallest absolute Gasteiger partial charge is 0.233 e. The van der Waals surface area contributed by atoms with E-state index >= 15 is 0 Å². The molecule has 2 nitrogen and oxygen atoms in total. The maximum Gasteiger partial charge on any atom is 0.233 e. The van der Waals surface area contributed by atoms with Gasteiger partial charge in [0.05, 0.1) is 5.25 Å². The molecule has 0 radical (unpaired) electrons. The summed E-state index contributed by atoms with van der Waals surface area (Å²) in [5.74, 6) is 0.0714. The summed E-state index contributed by atoms with van der Waals surface area (Å²) < 4.78 is 0. The van der Waals surface area contributed by atoms with Crippen LogP contribution in [-0.2, 0) is 11.3 Å². The Kier molecular flexibility index (Phi) is 5.24. The minimum Gasteiger partial charge on any atom is -0.351 e. The first-order chi connectivity index (χ1) is 9.66. The second-order valence-electron chi connectivity index (χ2n) is 4.72. The number of hydrogen-bond acceptors (Lipinski definition) is 2. The summed E-state index contributed by atoms with van der Waals surface area (Å²) in [6.45, 7) is 4.58. The van der Waals surface area contributed by atoms with Gasteiger partial charge in [0.1, 0.15) is 0 Å². The van der Waals surface area contributed by atoms with Crippen molar-refractivity contribution in [3.8, 4) is 0 Å². The van der Waals surface area contributed by atoms with E-state index in [4.69, 9.17) is 0 Å². The van der Waals surface area contributed by atoms with E-state index in [9.17, 15) is 4.79 Å². The first-order valence-electron chi connectivity index (χ1n) is 6.71. The van der Waals surface area contributed by atoms with Crippen molar-refractivity contribution in [3.05, 3.63) is 65.7 Å². The molecule has 20 heavy (non-hydrogen) atoms. The van der Waals surface area contributed by atoms with Gasteiger partial charge in [0.2, 0.25) is 5.91 Å². The lowest BCUT2D eigenvalue weighted by atomic mass is 10.1. The van der Waals surface area contributed by atoms with E-state index in [1.807, 2.05) is 55.5 Å². The Morgan fingerprint density at radius 1 is 1.10 bits per heavy atom. The fourth-order valence-electron chi connectivity index (χ4n) is 1.89. The van der Waals surface area contributed by atoms with Gasteiger partial charge in [-0.3, -0.25) is 4.79 Å². The molecular weight excluding hydrogens is 266 g/mol. The average molecular weight is 285 g/mol. The van der Waals surface area contributed by atoms with Crippen molar-refractivity contribution in [2.24, 2.45) is 0 Å². The van der Waals surface area contributed by atoms with Crippen molar-refractivity contribution in [2.45, 2.75) is 30.5 Å². The summed E-state index contributed by atoms with van der Waals surface area (Å²) in [6.07, 6.45) is 0. The molecule has 2 aromatic rings. The number of carbonyl (C=O) groups excluding carboxylic acids is 1. The molecule has 2 aromatic carbocycles. The predicted octanol–water partition coefficient (Wildman–Crippen LogP) is 3.79. The van der Waals surface area contributed by atoms with Gasteiger partial charge in [0, 0.05) is 11.4 Å². The zero-order valence-electron chi connectivity index (χ0n) is 11.8. The fraction of sp³-hybridized carbons (Fsp3) is 0.235. The highest BCUT2D eigenvalue weighted by atomic mass is 32.2.